The largest absolute Gasteiger partial charge is 0.380 e. The van der Waals surface area contributed by atoms with Gasteiger partial charge in [-0.3, -0.25) is 0 Å². The molecular formula is C21H26N6O. The third-order valence-electron chi connectivity index (χ3n) is 5.02. The molecule has 146 valence electrons. The fourth-order valence-electron chi connectivity index (χ4n) is 3.68. The number of carbonyl (C=O) groups excluding carboxylic acids is 1. The molecule has 1 aliphatic rings. The van der Waals surface area contributed by atoms with Crippen molar-refractivity contribution in [1.29, 1.82) is 0 Å². The summed E-state index contributed by atoms with van der Waals surface area (Å²) < 4.78 is 1.79. The Labute approximate surface area is 164 Å². The van der Waals surface area contributed by atoms with Gasteiger partial charge in [0.25, 0.3) is 0 Å². The molecule has 0 saturated carbocycles. The molecular weight excluding hydrogens is 352 g/mol. The number of hydrogen-bond donors (Lipinski definition) is 2. The lowest BCUT2D eigenvalue weighted by Crippen LogP contribution is -2.42. The van der Waals surface area contributed by atoms with Gasteiger partial charge in [-0.15, -0.1) is 5.10 Å². The third kappa shape index (κ3) is 3.78. The van der Waals surface area contributed by atoms with Crippen molar-refractivity contribution in [2.75, 3.05) is 11.9 Å². The highest BCUT2D eigenvalue weighted by Crippen LogP contribution is 2.33. The molecule has 1 saturated heterocycles. The van der Waals surface area contributed by atoms with Crippen LogP contribution in [0.5, 0.6) is 0 Å². The number of anilines is 1. The van der Waals surface area contributed by atoms with Gasteiger partial charge in [-0.1, -0.05) is 35.5 Å². The molecule has 0 aliphatic carbocycles. The number of benzene rings is 1. The molecule has 3 aromatic rings. The maximum absolute atomic E-state index is 12.5. The van der Waals surface area contributed by atoms with Gasteiger partial charge in [0.15, 0.2) is 0 Å². The van der Waals surface area contributed by atoms with Crippen molar-refractivity contribution in [3.05, 3.63) is 59.9 Å². The molecule has 1 aromatic carbocycles. The van der Waals surface area contributed by atoms with E-state index in [-0.39, 0.29) is 18.1 Å². The molecule has 7 nitrogen and oxygen atoms in total. The Bertz CT molecular complexity index is 952. The minimum atomic E-state index is -0.0284. The van der Waals surface area contributed by atoms with E-state index in [0.29, 0.717) is 0 Å². The van der Waals surface area contributed by atoms with Gasteiger partial charge in [-0.25, -0.2) is 9.31 Å². The van der Waals surface area contributed by atoms with E-state index in [9.17, 15) is 4.79 Å². The summed E-state index contributed by atoms with van der Waals surface area (Å²) in [4.78, 5) is 14.4. The Morgan fingerprint density at radius 3 is 2.82 bits per heavy atom. The summed E-state index contributed by atoms with van der Waals surface area (Å²) in [5.74, 6) is 0. The number of urea groups is 1. The lowest BCUT2D eigenvalue weighted by Gasteiger charge is -2.24. The maximum Gasteiger partial charge on any atom is 0.318 e. The van der Waals surface area contributed by atoms with Crippen LogP contribution in [0.25, 0.3) is 5.52 Å². The second kappa shape index (κ2) is 7.88. The number of nitrogens with zero attached hydrogens (tertiary/aromatic N) is 4. The van der Waals surface area contributed by atoms with E-state index in [1.807, 2.05) is 55.3 Å². The second-order valence-corrected chi connectivity index (χ2v) is 7.52. The van der Waals surface area contributed by atoms with E-state index in [1.165, 1.54) is 5.56 Å². The minimum Gasteiger partial charge on any atom is -0.380 e. The van der Waals surface area contributed by atoms with Gasteiger partial charge in [0.05, 0.1) is 23.4 Å². The summed E-state index contributed by atoms with van der Waals surface area (Å²) in [6, 6.07) is 14.4. The summed E-state index contributed by atoms with van der Waals surface area (Å²) in [6.45, 7) is 5.44. The van der Waals surface area contributed by atoms with E-state index in [0.717, 1.165) is 42.8 Å². The van der Waals surface area contributed by atoms with Crippen molar-refractivity contribution in [2.24, 2.45) is 0 Å². The second-order valence-electron chi connectivity index (χ2n) is 7.52. The topological polar surface area (TPSA) is 74.6 Å². The van der Waals surface area contributed by atoms with Gasteiger partial charge in [0, 0.05) is 19.1 Å². The first-order valence-electron chi connectivity index (χ1n) is 9.82. The number of likely N-dealkylation sites (tertiary alicyclic amines) is 1. The predicted molar refractivity (Wildman–Crippen MR) is 109 cm³/mol. The van der Waals surface area contributed by atoms with Crippen LogP contribution in [-0.2, 0) is 6.54 Å². The highest BCUT2D eigenvalue weighted by atomic mass is 16.2. The Balaban J connectivity index is 1.52. The van der Waals surface area contributed by atoms with Crippen LogP contribution >= 0.6 is 0 Å². The molecule has 2 N–H and O–H groups in total. The molecule has 28 heavy (non-hydrogen) atoms. The first-order valence-corrected chi connectivity index (χ1v) is 9.82. The van der Waals surface area contributed by atoms with Crippen LogP contribution in [0.15, 0.2) is 48.7 Å². The summed E-state index contributed by atoms with van der Waals surface area (Å²) in [5, 5.41) is 15.1. The molecule has 7 heteroatoms. The standard InChI is InChI=1S/C21H26N6O/c1-15(2)23-21(28)26-12-6-9-18(26)20-19-11-10-17(14-27(19)25-24-20)22-13-16-7-4-3-5-8-16/h3-5,7-8,10-11,14-15,18,22H,6,9,12-13H2,1-2H3,(H,23,28)/t18-/m0/s1. The number of hydrogen-bond acceptors (Lipinski definition) is 4. The van der Waals surface area contributed by atoms with Crippen LogP contribution < -0.4 is 10.6 Å². The van der Waals surface area contributed by atoms with Crippen LogP contribution in [-0.4, -0.2) is 38.3 Å². The third-order valence-corrected chi connectivity index (χ3v) is 5.02. The van der Waals surface area contributed by atoms with E-state index in [1.54, 1.807) is 4.52 Å². The number of carbonyl (C=O) groups is 1. The maximum atomic E-state index is 12.5. The van der Waals surface area contributed by atoms with Crippen LogP contribution in [0.3, 0.4) is 0 Å². The first kappa shape index (κ1) is 18.3. The van der Waals surface area contributed by atoms with E-state index >= 15 is 0 Å². The Morgan fingerprint density at radius 1 is 1.21 bits per heavy atom. The Hall–Kier alpha value is -3.09. The zero-order chi connectivity index (χ0) is 19.5. The zero-order valence-electron chi connectivity index (χ0n) is 16.3. The SMILES string of the molecule is CC(C)NC(=O)N1CCC[C@H]1c1nnn2cc(NCc3ccccc3)ccc12. The van der Waals surface area contributed by atoms with Gasteiger partial charge in [-0.05, 0) is 44.4 Å². The van der Waals surface area contributed by atoms with Crippen molar-refractivity contribution in [2.45, 2.75) is 45.3 Å². The fraction of sp³-hybridized carbons (Fsp3) is 0.381. The van der Waals surface area contributed by atoms with Crippen molar-refractivity contribution < 1.29 is 4.79 Å². The molecule has 1 aliphatic heterocycles. The number of fused-ring (bicyclic) bond motifs is 1. The molecule has 0 radical (unpaired) electrons. The lowest BCUT2D eigenvalue weighted by atomic mass is 10.1. The summed E-state index contributed by atoms with van der Waals surface area (Å²) in [7, 11) is 0. The van der Waals surface area contributed by atoms with Crippen LogP contribution in [0.4, 0.5) is 10.5 Å². The van der Waals surface area contributed by atoms with Gasteiger partial charge in [0.1, 0.15) is 5.69 Å². The van der Waals surface area contributed by atoms with Gasteiger partial charge in [0.2, 0.25) is 0 Å². The van der Waals surface area contributed by atoms with Crippen LogP contribution in [0, 0.1) is 0 Å². The number of rotatable bonds is 5. The molecule has 4 rings (SSSR count). The molecule has 1 atom stereocenters. The lowest BCUT2D eigenvalue weighted by molar-refractivity contribution is 0.190. The monoisotopic (exact) mass is 378 g/mol. The molecule has 2 aromatic heterocycles. The number of nitrogens with one attached hydrogen (secondary N) is 2. The smallest absolute Gasteiger partial charge is 0.318 e. The van der Waals surface area contributed by atoms with Crippen LogP contribution in [0.1, 0.15) is 44.0 Å². The average Bonchev–Trinajstić information content (AvgIpc) is 3.33. The normalized spacial score (nSPS) is 16.7. The van der Waals surface area contributed by atoms with Crippen molar-refractivity contribution in [3.63, 3.8) is 0 Å². The average molecular weight is 378 g/mol. The van der Waals surface area contributed by atoms with Crippen LogP contribution in [0.2, 0.25) is 0 Å². The molecule has 0 unspecified atom stereocenters. The van der Waals surface area contributed by atoms with Crippen molar-refractivity contribution in [3.8, 4) is 0 Å². The quantitative estimate of drug-likeness (QED) is 0.711. The van der Waals surface area contributed by atoms with E-state index < -0.39 is 0 Å². The van der Waals surface area contributed by atoms with Gasteiger partial charge in [-0.2, -0.15) is 0 Å². The first-order chi connectivity index (χ1) is 13.6. The Kier molecular flexibility index (Phi) is 5.14. The molecule has 0 spiro atoms. The van der Waals surface area contributed by atoms with Gasteiger partial charge < -0.3 is 15.5 Å². The zero-order valence-corrected chi connectivity index (χ0v) is 16.3. The molecule has 1 fully saturated rings. The summed E-state index contributed by atoms with van der Waals surface area (Å²) in [6.07, 6.45) is 3.84. The Morgan fingerprint density at radius 2 is 2.04 bits per heavy atom. The van der Waals surface area contributed by atoms with Crippen molar-refractivity contribution in [1.82, 2.24) is 25.0 Å². The minimum absolute atomic E-state index is 0.0280. The van der Waals surface area contributed by atoms with E-state index in [4.69, 9.17) is 0 Å². The summed E-state index contributed by atoms with van der Waals surface area (Å²) in [5.41, 5.74) is 4.01. The van der Waals surface area contributed by atoms with Crippen molar-refractivity contribution >= 4 is 17.2 Å². The van der Waals surface area contributed by atoms with E-state index in [2.05, 4.69) is 33.1 Å². The number of pyridine rings is 1. The fourth-order valence-corrected chi connectivity index (χ4v) is 3.68. The number of amides is 2. The molecule has 2 amide bonds. The predicted octanol–water partition coefficient (Wildman–Crippen LogP) is 3.60. The number of aromatic nitrogens is 3. The van der Waals surface area contributed by atoms with Gasteiger partial charge >= 0.3 is 6.03 Å². The summed E-state index contributed by atoms with van der Waals surface area (Å²) >= 11 is 0. The highest BCUT2D eigenvalue weighted by Gasteiger charge is 2.33. The highest BCUT2D eigenvalue weighted by molar-refractivity contribution is 5.76. The molecule has 3 heterocycles. The molecule has 0 bridgehead atoms.